The van der Waals surface area contributed by atoms with Gasteiger partial charge in [-0.3, -0.25) is 4.79 Å². The fourth-order valence-corrected chi connectivity index (χ4v) is 1.52. The molecule has 0 aliphatic carbocycles. The van der Waals surface area contributed by atoms with Gasteiger partial charge in [-0.05, 0) is 13.0 Å². The quantitative estimate of drug-likeness (QED) is 0.876. The summed E-state index contributed by atoms with van der Waals surface area (Å²) in [6, 6.07) is 4.61. The van der Waals surface area contributed by atoms with Gasteiger partial charge in [0, 0.05) is 24.2 Å². The Hall–Kier alpha value is -2.24. The molecular formula is C12H11F2N3O. The maximum absolute atomic E-state index is 13.3. The second kappa shape index (κ2) is 4.95. The minimum atomic E-state index is -0.635. The average Bonchev–Trinajstić information content (AvgIpc) is 2.26. The molecule has 4 nitrogen and oxygen atoms in total. The van der Waals surface area contributed by atoms with Crippen LogP contribution < -0.4 is 10.9 Å². The first kappa shape index (κ1) is 12.2. The summed E-state index contributed by atoms with van der Waals surface area (Å²) in [7, 11) is 0. The zero-order chi connectivity index (χ0) is 13.1. The molecule has 0 saturated heterocycles. The average molecular weight is 251 g/mol. The van der Waals surface area contributed by atoms with Gasteiger partial charge < -0.3 is 10.3 Å². The predicted molar refractivity (Wildman–Crippen MR) is 63.3 cm³/mol. The Kier molecular flexibility index (Phi) is 3.36. The minimum Gasteiger partial charge on any atom is -0.366 e. The lowest BCUT2D eigenvalue weighted by atomic mass is 10.2. The highest BCUT2D eigenvalue weighted by Gasteiger charge is 2.04. The van der Waals surface area contributed by atoms with Crippen LogP contribution >= 0.6 is 0 Å². The highest BCUT2D eigenvalue weighted by Crippen LogP contribution is 2.11. The molecule has 0 amide bonds. The maximum atomic E-state index is 13.3. The molecule has 1 heterocycles. The van der Waals surface area contributed by atoms with E-state index in [0.717, 1.165) is 6.07 Å². The van der Waals surface area contributed by atoms with E-state index in [1.807, 2.05) is 0 Å². The van der Waals surface area contributed by atoms with Gasteiger partial charge >= 0.3 is 0 Å². The zero-order valence-electron chi connectivity index (χ0n) is 9.63. The van der Waals surface area contributed by atoms with Crippen molar-refractivity contribution in [2.45, 2.75) is 13.5 Å². The monoisotopic (exact) mass is 251 g/mol. The van der Waals surface area contributed by atoms with Gasteiger partial charge in [0.1, 0.15) is 23.3 Å². The normalized spacial score (nSPS) is 10.4. The van der Waals surface area contributed by atoms with Gasteiger partial charge in [0.2, 0.25) is 0 Å². The summed E-state index contributed by atoms with van der Waals surface area (Å²) in [5, 5.41) is 2.81. The second-order valence-corrected chi connectivity index (χ2v) is 3.81. The van der Waals surface area contributed by atoms with Crippen LogP contribution in [0, 0.1) is 18.6 Å². The number of nitrogens with one attached hydrogen (secondary N) is 2. The Labute approximate surface area is 102 Å². The van der Waals surface area contributed by atoms with E-state index in [1.54, 1.807) is 6.92 Å². The third-order valence-corrected chi connectivity index (χ3v) is 2.34. The summed E-state index contributed by atoms with van der Waals surface area (Å²) in [5.41, 5.74) is 0.0145. The fourth-order valence-electron chi connectivity index (χ4n) is 1.52. The van der Waals surface area contributed by atoms with Crippen LogP contribution in [-0.2, 0) is 6.54 Å². The van der Waals surface area contributed by atoms with Crippen molar-refractivity contribution in [1.29, 1.82) is 0 Å². The molecule has 2 N–H and O–H groups in total. The highest BCUT2D eigenvalue weighted by atomic mass is 19.1. The van der Waals surface area contributed by atoms with Crippen LogP contribution in [0.3, 0.4) is 0 Å². The van der Waals surface area contributed by atoms with E-state index in [2.05, 4.69) is 15.3 Å². The Morgan fingerprint density at radius 2 is 2.11 bits per heavy atom. The number of hydrogen-bond acceptors (Lipinski definition) is 3. The van der Waals surface area contributed by atoms with Crippen LogP contribution in [0.2, 0.25) is 0 Å². The maximum Gasteiger partial charge on any atom is 0.252 e. The molecule has 1 aromatic heterocycles. The van der Waals surface area contributed by atoms with Gasteiger partial charge in [0.15, 0.2) is 0 Å². The summed E-state index contributed by atoms with van der Waals surface area (Å²) in [6.07, 6.45) is 0. The van der Waals surface area contributed by atoms with E-state index in [4.69, 9.17) is 0 Å². The van der Waals surface area contributed by atoms with Crippen molar-refractivity contribution in [1.82, 2.24) is 9.97 Å². The lowest BCUT2D eigenvalue weighted by Gasteiger charge is -2.06. The molecular weight excluding hydrogens is 240 g/mol. The molecule has 0 aliphatic heterocycles. The van der Waals surface area contributed by atoms with Crippen molar-refractivity contribution in [2.75, 3.05) is 5.32 Å². The van der Waals surface area contributed by atoms with Crippen molar-refractivity contribution in [2.24, 2.45) is 0 Å². The molecule has 0 bridgehead atoms. The first-order valence-electron chi connectivity index (χ1n) is 5.30. The number of nitrogens with zero attached hydrogens (tertiary/aromatic N) is 1. The number of aryl methyl sites for hydroxylation is 1. The molecule has 6 heteroatoms. The Morgan fingerprint density at radius 1 is 1.33 bits per heavy atom. The van der Waals surface area contributed by atoms with Gasteiger partial charge in [-0.1, -0.05) is 6.07 Å². The molecule has 0 unspecified atom stereocenters. The SMILES string of the molecule is Cc1nc(NCc2ccc(F)cc2F)cc(=O)[nH]1. The van der Waals surface area contributed by atoms with Crippen LogP contribution in [0.1, 0.15) is 11.4 Å². The number of aromatic amines is 1. The molecule has 94 valence electrons. The molecule has 0 radical (unpaired) electrons. The van der Waals surface area contributed by atoms with E-state index < -0.39 is 11.6 Å². The van der Waals surface area contributed by atoms with Crippen LogP contribution in [0.4, 0.5) is 14.6 Å². The molecule has 0 atom stereocenters. The van der Waals surface area contributed by atoms with Crippen LogP contribution in [0.5, 0.6) is 0 Å². The van der Waals surface area contributed by atoms with Crippen molar-refractivity contribution in [3.8, 4) is 0 Å². The number of rotatable bonds is 3. The lowest BCUT2D eigenvalue weighted by Crippen LogP contribution is -2.12. The number of H-pyrrole nitrogens is 1. The summed E-state index contributed by atoms with van der Waals surface area (Å²) in [5.74, 6) is -0.449. The predicted octanol–water partition coefficient (Wildman–Crippen LogP) is 1.97. The minimum absolute atomic E-state index is 0.127. The number of benzene rings is 1. The third-order valence-electron chi connectivity index (χ3n) is 2.34. The van der Waals surface area contributed by atoms with Crippen LogP contribution in [-0.4, -0.2) is 9.97 Å². The molecule has 1 aromatic carbocycles. The highest BCUT2D eigenvalue weighted by molar-refractivity contribution is 5.34. The van der Waals surface area contributed by atoms with Crippen molar-refractivity contribution in [3.05, 3.63) is 57.6 Å². The standard InChI is InChI=1S/C12H11F2N3O/c1-7-16-11(5-12(18)17-7)15-6-8-2-3-9(13)4-10(8)14/h2-5H,6H2,1H3,(H2,15,16,17,18). The summed E-state index contributed by atoms with van der Waals surface area (Å²) in [6.45, 7) is 1.77. The molecule has 0 aliphatic rings. The Bertz CT molecular complexity index is 625. The first-order valence-corrected chi connectivity index (χ1v) is 5.30. The molecule has 2 rings (SSSR count). The molecule has 2 aromatic rings. The number of aromatic nitrogens is 2. The first-order chi connectivity index (χ1) is 8.54. The van der Waals surface area contributed by atoms with E-state index in [-0.39, 0.29) is 12.1 Å². The number of halogens is 2. The van der Waals surface area contributed by atoms with Gasteiger partial charge in [0.05, 0.1) is 0 Å². The van der Waals surface area contributed by atoms with Gasteiger partial charge in [-0.25, -0.2) is 13.8 Å². The Balaban J connectivity index is 2.13. The van der Waals surface area contributed by atoms with Crippen LogP contribution in [0.15, 0.2) is 29.1 Å². The zero-order valence-corrected chi connectivity index (χ0v) is 9.63. The summed E-state index contributed by atoms with van der Waals surface area (Å²) in [4.78, 5) is 17.7. The van der Waals surface area contributed by atoms with Crippen molar-refractivity contribution >= 4 is 5.82 Å². The summed E-state index contributed by atoms with van der Waals surface area (Å²) >= 11 is 0. The van der Waals surface area contributed by atoms with Gasteiger partial charge in [0.25, 0.3) is 5.56 Å². The van der Waals surface area contributed by atoms with Gasteiger partial charge in [-0.15, -0.1) is 0 Å². The van der Waals surface area contributed by atoms with E-state index in [9.17, 15) is 13.6 Å². The van der Waals surface area contributed by atoms with Gasteiger partial charge in [-0.2, -0.15) is 0 Å². The number of anilines is 1. The largest absolute Gasteiger partial charge is 0.366 e. The summed E-state index contributed by atoms with van der Waals surface area (Å²) < 4.78 is 26.0. The topological polar surface area (TPSA) is 57.8 Å². The van der Waals surface area contributed by atoms with Crippen molar-refractivity contribution in [3.63, 3.8) is 0 Å². The molecule has 0 fully saturated rings. The smallest absolute Gasteiger partial charge is 0.252 e. The molecule has 18 heavy (non-hydrogen) atoms. The third kappa shape index (κ3) is 2.91. The van der Waals surface area contributed by atoms with E-state index >= 15 is 0 Å². The van der Waals surface area contributed by atoms with Crippen molar-refractivity contribution < 1.29 is 8.78 Å². The van der Waals surface area contributed by atoms with E-state index in [0.29, 0.717) is 17.2 Å². The van der Waals surface area contributed by atoms with E-state index in [1.165, 1.54) is 18.2 Å². The second-order valence-electron chi connectivity index (χ2n) is 3.81. The fraction of sp³-hybridized carbons (Fsp3) is 0.167. The van der Waals surface area contributed by atoms with Crippen LogP contribution in [0.25, 0.3) is 0 Å². The lowest BCUT2D eigenvalue weighted by molar-refractivity contribution is 0.574. The number of hydrogen-bond donors (Lipinski definition) is 2. The Morgan fingerprint density at radius 3 is 2.78 bits per heavy atom. The molecule has 0 spiro atoms. The molecule has 0 saturated carbocycles.